The molecule has 0 aliphatic carbocycles. The molecule has 4 nitrogen and oxygen atoms in total. The van der Waals surface area contributed by atoms with Crippen LogP contribution in [0.5, 0.6) is 0 Å². The van der Waals surface area contributed by atoms with E-state index in [0.717, 1.165) is 0 Å². The third-order valence-electron chi connectivity index (χ3n) is 1.75. The van der Waals surface area contributed by atoms with E-state index in [2.05, 4.69) is 9.97 Å². The SMILES string of the molecule is [CH]c1nc2ccc(C(=O)O)cc2[nH]1. The molecular weight excluding hydrogens is 168 g/mol. The quantitative estimate of drug-likeness (QED) is 0.685. The van der Waals surface area contributed by atoms with Gasteiger partial charge in [-0.3, -0.25) is 0 Å². The second kappa shape index (κ2) is 2.58. The number of aromatic amines is 1. The van der Waals surface area contributed by atoms with E-state index >= 15 is 0 Å². The van der Waals surface area contributed by atoms with Crippen molar-refractivity contribution >= 4 is 17.0 Å². The third kappa shape index (κ3) is 1.26. The number of carbonyl (C=O) groups is 1. The summed E-state index contributed by atoms with van der Waals surface area (Å²) in [5.74, 6) is -0.674. The minimum Gasteiger partial charge on any atom is -0.478 e. The Hall–Kier alpha value is -1.84. The van der Waals surface area contributed by atoms with Gasteiger partial charge in [0.1, 0.15) is 5.82 Å². The highest BCUT2D eigenvalue weighted by Gasteiger charge is 2.05. The number of carboxylic acid groups (broad SMARTS) is 1. The monoisotopic (exact) mass is 174 g/mol. The average molecular weight is 174 g/mol. The fourth-order valence-electron chi connectivity index (χ4n) is 1.16. The Bertz CT molecular complexity index is 473. The molecule has 0 aliphatic heterocycles. The first-order valence-electron chi connectivity index (χ1n) is 3.65. The molecule has 1 aromatic carbocycles. The van der Waals surface area contributed by atoms with Gasteiger partial charge in [0, 0.05) is 6.92 Å². The topological polar surface area (TPSA) is 66.0 Å². The van der Waals surface area contributed by atoms with Crippen molar-refractivity contribution in [3.05, 3.63) is 36.5 Å². The molecule has 1 aromatic heterocycles. The highest BCUT2D eigenvalue weighted by molar-refractivity contribution is 5.92. The van der Waals surface area contributed by atoms with Crippen LogP contribution in [0.15, 0.2) is 18.2 Å². The number of H-pyrrole nitrogens is 1. The van der Waals surface area contributed by atoms with Gasteiger partial charge in [0.15, 0.2) is 0 Å². The molecule has 2 N–H and O–H groups in total. The molecule has 0 aliphatic rings. The van der Waals surface area contributed by atoms with E-state index in [4.69, 9.17) is 12.0 Å². The van der Waals surface area contributed by atoms with Crippen molar-refractivity contribution in [1.29, 1.82) is 0 Å². The summed E-state index contributed by atoms with van der Waals surface area (Å²) in [6, 6.07) is 4.61. The number of aromatic carboxylic acids is 1. The molecule has 0 atom stereocenters. The fraction of sp³-hybridized carbons (Fsp3) is 0. The average Bonchev–Trinajstić information content (AvgIpc) is 2.42. The van der Waals surface area contributed by atoms with Crippen LogP contribution in [0.4, 0.5) is 0 Å². The molecule has 0 fully saturated rings. The van der Waals surface area contributed by atoms with Gasteiger partial charge < -0.3 is 10.1 Å². The first kappa shape index (κ1) is 7.79. The summed E-state index contributed by atoms with van der Waals surface area (Å²) in [5.41, 5.74) is 1.52. The van der Waals surface area contributed by atoms with Crippen LogP contribution in [0.25, 0.3) is 11.0 Å². The Morgan fingerprint density at radius 3 is 3.00 bits per heavy atom. The van der Waals surface area contributed by atoms with Crippen molar-refractivity contribution in [3.63, 3.8) is 0 Å². The van der Waals surface area contributed by atoms with Gasteiger partial charge in [-0.25, -0.2) is 9.78 Å². The van der Waals surface area contributed by atoms with Crippen LogP contribution >= 0.6 is 0 Å². The lowest BCUT2D eigenvalue weighted by Gasteiger charge is -1.92. The van der Waals surface area contributed by atoms with E-state index in [0.29, 0.717) is 11.0 Å². The molecule has 0 unspecified atom stereocenters. The summed E-state index contributed by atoms with van der Waals surface area (Å²) in [6.45, 7) is 5.40. The number of nitrogens with one attached hydrogen (secondary N) is 1. The number of aromatic nitrogens is 2. The predicted molar refractivity (Wildman–Crippen MR) is 46.5 cm³/mol. The van der Waals surface area contributed by atoms with E-state index in [9.17, 15) is 4.79 Å². The fourth-order valence-corrected chi connectivity index (χ4v) is 1.16. The van der Waals surface area contributed by atoms with E-state index in [1.54, 1.807) is 6.07 Å². The first-order chi connectivity index (χ1) is 6.16. The molecule has 2 aromatic rings. The molecule has 0 saturated carbocycles. The normalized spacial score (nSPS) is 10.5. The van der Waals surface area contributed by atoms with Gasteiger partial charge in [0.2, 0.25) is 0 Å². The van der Waals surface area contributed by atoms with E-state index < -0.39 is 5.97 Å². The molecule has 1 heterocycles. The van der Waals surface area contributed by atoms with Crippen LogP contribution in [0.2, 0.25) is 0 Å². The lowest BCUT2D eigenvalue weighted by Crippen LogP contribution is -1.94. The Kier molecular flexibility index (Phi) is 1.55. The molecule has 4 heteroatoms. The summed E-state index contributed by atoms with van der Waals surface area (Å²) in [5, 5.41) is 8.69. The van der Waals surface area contributed by atoms with Gasteiger partial charge in [-0.1, -0.05) is 0 Å². The van der Waals surface area contributed by atoms with Crippen molar-refractivity contribution in [3.8, 4) is 0 Å². The van der Waals surface area contributed by atoms with Crippen LogP contribution in [0, 0.1) is 6.92 Å². The molecule has 64 valence electrons. The summed E-state index contributed by atoms with van der Waals surface area (Å²) in [7, 11) is 0. The lowest BCUT2D eigenvalue weighted by molar-refractivity contribution is 0.0697. The summed E-state index contributed by atoms with van der Waals surface area (Å²) in [4.78, 5) is 17.3. The van der Waals surface area contributed by atoms with Crippen LogP contribution in [-0.4, -0.2) is 21.0 Å². The minimum atomic E-state index is -0.963. The van der Waals surface area contributed by atoms with Crippen molar-refractivity contribution in [1.82, 2.24) is 9.97 Å². The highest BCUT2D eigenvalue weighted by atomic mass is 16.4. The van der Waals surface area contributed by atoms with E-state index in [1.165, 1.54) is 12.1 Å². The number of hydrogen-bond acceptors (Lipinski definition) is 2. The Morgan fingerprint density at radius 2 is 2.31 bits per heavy atom. The molecule has 0 saturated heterocycles. The highest BCUT2D eigenvalue weighted by Crippen LogP contribution is 2.13. The van der Waals surface area contributed by atoms with Gasteiger partial charge >= 0.3 is 5.97 Å². The molecule has 2 rings (SSSR count). The van der Waals surface area contributed by atoms with Crippen molar-refractivity contribution < 1.29 is 9.90 Å². The predicted octanol–water partition coefficient (Wildman–Crippen LogP) is 1.32. The number of hydrogen-bond donors (Lipinski definition) is 2. The van der Waals surface area contributed by atoms with Crippen LogP contribution in [0.3, 0.4) is 0 Å². The molecule has 13 heavy (non-hydrogen) atoms. The zero-order valence-electron chi connectivity index (χ0n) is 6.61. The molecular formula is C9H6N2O2. The van der Waals surface area contributed by atoms with Crippen molar-refractivity contribution in [2.45, 2.75) is 0 Å². The summed E-state index contributed by atoms with van der Waals surface area (Å²) >= 11 is 0. The lowest BCUT2D eigenvalue weighted by atomic mass is 10.2. The standard InChI is InChI=1S/C9H6N2O2/c1-5-10-7-3-2-6(9(12)13)4-8(7)11-5/h1-4H,(H,10,11)(H,12,13). The van der Waals surface area contributed by atoms with E-state index in [1.807, 2.05) is 0 Å². The number of fused-ring (bicyclic) bond motifs is 1. The maximum atomic E-state index is 10.6. The zero-order valence-corrected chi connectivity index (χ0v) is 6.61. The molecule has 2 radical (unpaired) electrons. The van der Waals surface area contributed by atoms with Crippen molar-refractivity contribution in [2.24, 2.45) is 0 Å². The van der Waals surface area contributed by atoms with Crippen LogP contribution in [0.1, 0.15) is 16.2 Å². The molecule has 0 spiro atoms. The van der Waals surface area contributed by atoms with Crippen LogP contribution in [-0.2, 0) is 0 Å². The molecule has 0 bridgehead atoms. The maximum Gasteiger partial charge on any atom is 0.335 e. The van der Waals surface area contributed by atoms with Gasteiger partial charge in [-0.2, -0.15) is 0 Å². The van der Waals surface area contributed by atoms with Crippen LogP contribution < -0.4 is 0 Å². The number of imidazole rings is 1. The van der Waals surface area contributed by atoms with Crippen molar-refractivity contribution in [2.75, 3.05) is 0 Å². The Labute approximate surface area is 74.2 Å². The second-order valence-electron chi connectivity index (χ2n) is 2.66. The Morgan fingerprint density at radius 1 is 1.54 bits per heavy atom. The van der Waals surface area contributed by atoms with Gasteiger partial charge in [0.25, 0.3) is 0 Å². The second-order valence-corrected chi connectivity index (χ2v) is 2.66. The minimum absolute atomic E-state index is 0.219. The number of rotatable bonds is 1. The maximum absolute atomic E-state index is 10.6. The number of carboxylic acids is 1. The van der Waals surface area contributed by atoms with Gasteiger partial charge in [-0.15, -0.1) is 0 Å². The Balaban J connectivity index is 2.67. The van der Waals surface area contributed by atoms with Gasteiger partial charge in [0.05, 0.1) is 16.6 Å². The smallest absolute Gasteiger partial charge is 0.335 e. The summed E-state index contributed by atoms with van der Waals surface area (Å²) in [6.07, 6.45) is 0. The van der Waals surface area contributed by atoms with E-state index in [-0.39, 0.29) is 11.4 Å². The number of benzene rings is 1. The third-order valence-corrected chi connectivity index (χ3v) is 1.75. The zero-order chi connectivity index (χ0) is 9.42. The first-order valence-corrected chi connectivity index (χ1v) is 3.65. The molecule has 0 amide bonds. The van der Waals surface area contributed by atoms with Gasteiger partial charge in [-0.05, 0) is 18.2 Å². The summed E-state index contributed by atoms with van der Waals surface area (Å²) < 4.78 is 0. The largest absolute Gasteiger partial charge is 0.478 e. The number of nitrogens with zero attached hydrogens (tertiary/aromatic N) is 1.